The monoisotopic (exact) mass is 424 g/mol. The number of ether oxygens (including phenoxy) is 2. The number of hydrazone groups is 1. The summed E-state index contributed by atoms with van der Waals surface area (Å²) in [5, 5.41) is 19.9. The van der Waals surface area contributed by atoms with Crippen LogP contribution in [0.2, 0.25) is 0 Å². The van der Waals surface area contributed by atoms with Crippen molar-refractivity contribution in [1.29, 1.82) is 0 Å². The van der Waals surface area contributed by atoms with Gasteiger partial charge in [-0.2, -0.15) is 5.10 Å². The molecule has 1 aliphatic heterocycles. The number of nitrogens with zero attached hydrogens (tertiary/aromatic N) is 2. The Hall–Kier alpha value is -3.99. The van der Waals surface area contributed by atoms with Crippen LogP contribution in [0.15, 0.2) is 90.0 Å². The molecule has 160 valence electrons. The Kier molecular flexibility index (Phi) is 5.15. The first-order valence-electron chi connectivity index (χ1n) is 10.5. The molecule has 1 unspecified atom stereocenters. The van der Waals surface area contributed by atoms with E-state index in [4.69, 9.17) is 14.6 Å². The van der Waals surface area contributed by atoms with Crippen molar-refractivity contribution in [2.24, 2.45) is 5.10 Å². The third-order valence-electron chi connectivity index (χ3n) is 5.95. The second kappa shape index (κ2) is 8.27. The van der Waals surface area contributed by atoms with Gasteiger partial charge in [-0.3, -0.25) is 5.01 Å². The Balaban J connectivity index is 1.66. The van der Waals surface area contributed by atoms with Crippen LogP contribution in [-0.4, -0.2) is 25.0 Å². The molecule has 1 N–H and O–H groups in total. The fourth-order valence-corrected chi connectivity index (χ4v) is 4.39. The van der Waals surface area contributed by atoms with Crippen molar-refractivity contribution < 1.29 is 14.6 Å². The first-order chi connectivity index (χ1) is 15.7. The molecule has 0 radical (unpaired) electrons. The van der Waals surface area contributed by atoms with E-state index in [0.717, 1.165) is 44.8 Å². The number of hydrogen-bond donors (Lipinski definition) is 1. The zero-order valence-electron chi connectivity index (χ0n) is 18.0. The SMILES string of the molecule is COc1ccccc1C1CC(c2ccc3ccccc3c2O)=NN1c1ccccc1OC. The predicted molar refractivity (Wildman–Crippen MR) is 128 cm³/mol. The average Bonchev–Trinajstić information content (AvgIpc) is 3.29. The molecule has 4 aromatic rings. The fraction of sp³-hybridized carbons (Fsp3) is 0.148. The van der Waals surface area contributed by atoms with Gasteiger partial charge in [-0.05, 0) is 29.7 Å². The molecule has 0 saturated carbocycles. The summed E-state index contributed by atoms with van der Waals surface area (Å²) in [5.74, 6) is 1.79. The maximum Gasteiger partial charge on any atom is 0.144 e. The molecule has 5 rings (SSSR count). The van der Waals surface area contributed by atoms with Crippen LogP contribution < -0.4 is 14.5 Å². The van der Waals surface area contributed by atoms with Crippen molar-refractivity contribution in [3.63, 3.8) is 0 Å². The van der Waals surface area contributed by atoms with E-state index in [-0.39, 0.29) is 11.8 Å². The van der Waals surface area contributed by atoms with E-state index < -0.39 is 0 Å². The summed E-state index contributed by atoms with van der Waals surface area (Å²) in [7, 11) is 3.34. The number of phenols is 1. The molecule has 0 bridgehead atoms. The lowest BCUT2D eigenvalue weighted by Crippen LogP contribution is -2.19. The Morgan fingerprint density at radius 3 is 2.31 bits per heavy atom. The minimum Gasteiger partial charge on any atom is -0.507 e. The Morgan fingerprint density at radius 1 is 0.812 bits per heavy atom. The number of rotatable bonds is 5. The van der Waals surface area contributed by atoms with Crippen LogP contribution in [-0.2, 0) is 0 Å². The van der Waals surface area contributed by atoms with Gasteiger partial charge in [-0.25, -0.2) is 0 Å². The molecule has 1 aliphatic rings. The standard InChI is InChI=1S/C27H24N2O3/c1-31-25-13-7-5-11-21(25)24-17-22(28-29(24)23-12-6-8-14-26(23)32-2)20-16-15-18-9-3-4-10-19(18)27(20)30/h3-16,24,30H,17H2,1-2H3. The predicted octanol–water partition coefficient (Wildman–Crippen LogP) is 5.92. The van der Waals surface area contributed by atoms with Gasteiger partial charge in [-0.1, -0.05) is 60.7 Å². The van der Waals surface area contributed by atoms with Crippen LogP contribution in [0.1, 0.15) is 23.6 Å². The van der Waals surface area contributed by atoms with Gasteiger partial charge in [0.2, 0.25) is 0 Å². The highest BCUT2D eigenvalue weighted by atomic mass is 16.5. The molecule has 1 atom stereocenters. The van der Waals surface area contributed by atoms with Gasteiger partial charge in [0.25, 0.3) is 0 Å². The number of benzene rings is 4. The largest absolute Gasteiger partial charge is 0.507 e. The number of phenolic OH excluding ortho intramolecular Hbond substituents is 1. The minimum atomic E-state index is -0.108. The van der Waals surface area contributed by atoms with Crippen molar-refractivity contribution in [3.8, 4) is 17.2 Å². The average molecular weight is 425 g/mol. The Labute approximate surface area is 187 Å². The highest BCUT2D eigenvalue weighted by Crippen LogP contribution is 2.44. The molecule has 0 spiro atoms. The third-order valence-corrected chi connectivity index (χ3v) is 5.95. The van der Waals surface area contributed by atoms with Gasteiger partial charge in [0.05, 0.1) is 26.0 Å². The molecular formula is C27H24N2O3. The Morgan fingerprint density at radius 2 is 1.50 bits per heavy atom. The highest BCUT2D eigenvalue weighted by Gasteiger charge is 2.34. The highest BCUT2D eigenvalue weighted by molar-refractivity contribution is 6.09. The topological polar surface area (TPSA) is 54.3 Å². The summed E-state index contributed by atoms with van der Waals surface area (Å²) in [4.78, 5) is 0. The van der Waals surface area contributed by atoms with Gasteiger partial charge >= 0.3 is 0 Å². The lowest BCUT2D eigenvalue weighted by Gasteiger charge is -2.26. The van der Waals surface area contributed by atoms with Gasteiger partial charge in [0, 0.05) is 22.9 Å². The third kappa shape index (κ3) is 3.32. The van der Waals surface area contributed by atoms with Crippen molar-refractivity contribution in [2.75, 3.05) is 19.2 Å². The second-order valence-corrected chi connectivity index (χ2v) is 7.71. The Bertz CT molecular complexity index is 1320. The molecule has 1 heterocycles. The van der Waals surface area contributed by atoms with Crippen LogP contribution in [0.25, 0.3) is 10.8 Å². The van der Waals surface area contributed by atoms with E-state index in [0.29, 0.717) is 6.42 Å². The normalized spacial score (nSPS) is 15.6. The number of methoxy groups -OCH3 is 2. The van der Waals surface area contributed by atoms with Gasteiger partial charge < -0.3 is 14.6 Å². The lowest BCUT2D eigenvalue weighted by molar-refractivity contribution is 0.403. The van der Waals surface area contributed by atoms with Gasteiger partial charge in [-0.15, -0.1) is 0 Å². The molecule has 0 aliphatic carbocycles. The molecule has 0 amide bonds. The van der Waals surface area contributed by atoms with Crippen molar-refractivity contribution in [2.45, 2.75) is 12.5 Å². The molecule has 4 aromatic carbocycles. The fourth-order valence-electron chi connectivity index (χ4n) is 4.39. The summed E-state index contributed by atoms with van der Waals surface area (Å²) in [6.07, 6.45) is 0.615. The summed E-state index contributed by atoms with van der Waals surface area (Å²) >= 11 is 0. The molecule has 5 heteroatoms. The number of fused-ring (bicyclic) bond motifs is 1. The van der Waals surface area contributed by atoms with E-state index >= 15 is 0 Å². The van der Waals surface area contributed by atoms with Crippen LogP contribution in [0.3, 0.4) is 0 Å². The lowest BCUT2D eigenvalue weighted by atomic mass is 9.95. The van der Waals surface area contributed by atoms with Crippen LogP contribution in [0, 0.1) is 0 Å². The van der Waals surface area contributed by atoms with Crippen molar-refractivity contribution in [3.05, 3.63) is 96.1 Å². The summed E-state index contributed by atoms with van der Waals surface area (Å²) < 4.78 is 11.3. The zero-order chi connectivity index (χ0) is 22.1. The van der Waals surface area contributed by atoms with E-state index in [1.54, 1.807) is 14.2 Å². The van der Waals surface area contributed by atoms with E-state index in [1.165, 1.54) is 0 Å². The first kappa shape index (κ1) is 19.9. The molecule has 5 nitrogen and oxygen atoms in total. The smallest absolute Gasteiger partial charge is 0.144 e. The van der Waals surface area contributed by atoms with Crippen LogP contribution >= 0.6 is 0 Å². The van der Waals surface area contributed by atoms with Gasteiger partial charge in [0.1, 0.15) is 22.9 Å². The van der Waals surface area contributed by atoms with Crippen LogP contribution in [0.5, 0.6) is 17.2 Å². The van der Waals surface area contributed by atoms with Crippen molar-refractivity contribution in [1.82, 2.24) is 0 Å². The van der Waals surface area contributed by atoms with Crippen molar-refractivity contribution >= 4 is 22.2 Å². The first-order valence-corrected chi connectivity index (χ1v) is 10.5. The zero-order valence-corrected chi connectivity index (χ0v) is 18.0. The summed E-state index contributed by atoms with van der Waals surface area (Å²) in [6, 6.07) is 27.5. The number of anilines is 1. The minimum absolute atomic E-state index is 0.108. The van der Waals surface area contributed by atoms with E-state index in [9.17, 15) is 5.11 Å². The van der Waals surface area contributed by atoms with Crippen LogP contribution in [0.4, 0.5) is 5.69 Å². The summed E-state index contributed by atoms with van der Waals surface area (Å²) in [5.41, 5.74) is 3.44. The summed E-state index contributed by atoms with van der Waals surface area (Å²) in [6.45, 7) is 0. The van der Waals surface area contributed by atoms with E-state index in [1.807, 2.05) is 83.9 Å². The maximum absolute atomic E-state index is 11.1. The molecule has 0 aromatic heterocycles. The molecular weight excluding hydrogens is 400 g/mol. The molecule has 32 heavy (non-hydrogen) atoms. The number of hydrogen-bond acceptors (Lipinski definition) is 5. The van der Waals surface area contributed by atoms with E-state index in [2.05, 4.69) is 6.07 Å². The maximum atomic E-state index is 11.1. The quantitative estimate of drug-likeness (QED) is 0.432. The van der Waals surface area contributed by atoms with Gasteiger partial charge in [0.15, 0.2) is 0 Å². The number of aromatic hydroxyl groups is 1. The molecule has 0 saturated heterocycles. The second-order valence-electron chi connectivity index (χ2n) is 7.71. The number of para-hydroxylation sites is 3. The molecule has 0 fully saturated rings.